The van der Waals surface area contributed by atoms with Gasteiger partial charge < -0.3 is 15.0 Å². The second kappa shape index (κ2) is 6.72. The topological polar surface area (TPSA) is 54.3 Å². The number of aryl methyl sites for hydroxylation is 1. The van der Waals surface area contributed by atoms with E-state index in [4.69, 9.17) is 0 Å². The molecule has 0 spiro atoms. The molecule has 0 saturated heterocycles. The summed E-state index contributed by atoms with van der Waals surface area (Å²) in [4.78, 5) is 12.1. The van der Waals surface area contributed by atoms with Crippen LogP contribution in [0.1, 0.15) is 29.1 Å². The molecular formula is C15H17BrN2O2. The number of nitrogens with zero attached hydrogens (tertiary/aromatic N) is 1. The zero-order valence-electron chi connectivity index (χ0n) is 11.2. The summed E-state index contributed by atoms with van der Waals surface area (Å²) in [5.74, 6) is -0.187. The lowest BCUT2D eigenvalue weighted by molar-refractivity contribution is 0.0907. The lowest BCUT2D eigenvalue weighted by Crippen LogP contribution is -2.29. The fraction of sp³-hybridized carbons (Fsp3) is 0.267. The molecule has 0 radical (unpaired) electrons. The molecule has 5 heteroatoms. The average Bonchev–Trinajstić information content (AvgIpc) is 2.86. The Labute approximate surface area is 126 Å². The van der Waals surface area contributed by atoms with Gasteiger partial charge in [0.1, 0.15) is 5.69 Å². The molecule has 1 unspecified atom stereocenters. The van der Waals surface area contributed by atoms with Crippen LogP contribution in [-0.2, 0) is 6.54 Å². The Morgan fingerprint density at radius 3 is 2.75 bits per heavy atom. The van der Waals surface area contributed by atoms with E-state index in [9.17, 15) is 9.90 Å². The summed E-state index contributed by atoms with van der Waals surface area (Å²) in [5, 5.41) is 12.8. The van der Waals surface area contributed by atoms with Crippen LogP contribution >= 0.6 is 15.9 Å². The van der Waals surface area contributed by atoms with Crippen molar-refractivity contribution in [2.45, 2.75) is 19.6 Å². The van der Waals surface area contributed by atoms with Crippen LogP contribution in [0.4, 0.5) is 0 Å². The van der Waals surface area contributed by atoms with Crippen LogP contribution in [0.25, 0.3) is 0 Å². The van der Waals surface area contributed by atoms with Crippen LogP contribution in [-0.4, -0.2) is 22.1 Å². The van der Waals surface area contributed by atoms with Gasteiger partial charge in [-0.15, -0.1) is 0 Å². The number of amides is 1. The highest BCUT2D eigenvalue weighted by atomic mass is 79.9. The number of carbonyl (C=O) groups excluding carboxylic acids is 1. The molecule has 0 fully saturated rings. The first-order valence-electron chi connectivity index (χ1n) is 6.48. The molecule has 2 rings (SSSR count). The third-order valence-electron chi connectivity index (χ3n) is 3.08. The summed E-state index contributed by atoms with van der Waals surface area (Å²) in [6.07, 6.45) is 1.16. The summed E-state index contributed by atoms with van der Waals surface area (Å²) in [7, 11) is 0. The Balaban J connectivity index is 1.98. The minimum Gasteiger partial charge on any atom is -0.387 e. The van der Waals surface area contributed by atoms with Gasteiger partial charge in [-0.25, -0.2) is 0 Å². The molecule has 1 aromatic carbocycles. The van der Waals surface area contributed by atoms with Crippen molar-refractivity contribution >= 4 is 21.8 Å². The molecule has 0 aliphatic carbocycles. The molecule has 0 aliphatic rings. The van der Waals surface area contributed by atoms with E-state index in [1.807, 2.05) is 48.0 Å². The number of benzene rings is 1. The third kappa shape index (κ3) is 3.49. The van der Waals surface area contributed by atoms with E-state index in [0.29, 0.717) is 5.69 Å². The fourth-order valence-electron chi connectivity index (χ4n) is 2.00. The van der Waals surface area contributed by atoms with Crippen LogP contribution in [0.3, 0.4) is 0 Å². The number of carbonyl (C=O) groups is 1. The minimum absolute atomic E-state index is 0.187. The summed E-state index contributed by atoms with van der Waals surface area (Å²) < 4.78 is 2.72. The normalized spacial score (nSPS) is 12.2. The highest BCUT2D eigenvalue weighted by Gasteiger charge is 2.14. The van der Waals surface area contributed by atoms with E-state index in [1.54, 1.807) is 6.07 Å². The standard InChI is InChI=1S/C15H17BrN2O2/c1-2-18-10-12(16)8-13(18)15(20)17-9-14(19)11-6-4-3-5-7-11/h3-8,10,14,19H,2,9H2,1H3,(H,17,20). The van der Waals surface area contributed by atoms with Gasteiger partial charge in [-0.2, -0.15) is 0 Å². The van der Waals surface area contributed by atoms with Gasteiger partial charge in [0, 0.05) is 23.8 Å². The number of halogens is 1. The number of nitrogens with one attached hydrogen (secondary N) is 1. The minimum atomic E-state index is -0.700. The van der Waals surface area contributed by atoms with E-state index in [1.165, 1.54) is 0 Å². The Hall–Kier alpha value is -1.59. The Morgan fingerprint density at radius 1 is 1.40 bits per heavy atom. The van der Waals surface area contributed by atoms with Gasteiger partial charge in [0.15, 0.2) is 0 Å². The molecule has 1 atom stereocenters. The van der Waals surface area contributed by atoms with Crippen LogP contribution in [0.5, 0.6) is 0 Å². The highest BCUT2D eigenvalue weighted by Crippen LogP contribution is 2.15. The summed E-state index contributed by atoms with van der Waals surface area (Å²) in [6.45, 7) is 2.88. The quantitative estimate of drug-likeness (QED) is 0.882. The predicted molar refractivity (Wildman–Crippen MR) is 81.5 cm³/mol. The van der Waals surface area contributed by atoms with Crippen molar-refractivity contribution in [2.75, 3.05) is 6.54 Å². The fourth-order valence-corrected chi connectivity index (χ4v) is 2.46. The van der Waals surface area contributed by atoms with Crippen LogP contribution in [0.15, 0.2) is 47.1 Å². The number of hydrogen-bond acceptors (Lipinski definition) is 2. The second-order valence-electron chi connectivity index (χ2n) is 4.47. The average molecular weight is 337 g/mol. The third-order valence-corrected chi connectivity index (χ3v) is 3.51. The zero-order valence-corrected chi connectivity index (χ0v) is 12.8. The monoisotopic (exact) mass is 336 g/mol. The number of aliphatic hydroxyl groups excluding tert-OH is 1. The summed E-state index contributed by atoms with van der Waals surface area (Å²) in [6, 6.07) is 11.1. The summed E-state index contributed by atoms with van der Waals surface area (Å²) >= 11 is 3.36. The maximum atomic E-state index is 12.1. The van der Waals surface area contributed by atoms with Gasteiger partial charge >= 0.3 is 0 Å². The molecule has 1 amide bonds. The molecule has 0 bridgehead atoms. The van der Waals surface area contributed by atoms with Crippen molar-refractivity contribution in [1.82, 2.24) is 9.88 Å². The number of rotatable bonds is 5. The predicted octanol–water partition coefficient (Wildman–Crippen LogP) is 2.73. The molecule has 20 heavy (non-hydrogen) atoms. The first-order chi connectivity index (χ1) is 9.61. The first-order valence-corrected chi connectivity index (χ1v) is 7.28. The van der Waals surface area contributed by atoms with Gasteiger partial charge in [0.2, 0.25) is 0 Å². The SMILES string of the molecule is CCn1cc(Br)cc1C(=O)NCC(O)c1ccccc1. The number of hydrogen-bond donors (Lipinski definition) is 2. The molecule has 2 aromatic rings. The molecule has 4 nitrogen and oxygen atoms in total. The Kier molecular flexibility index (Phi) is 4.98. The smallest absolute Gasteiger partial charge is 0.268 e. The largest absolute Gasteiger partial charge is 0.387 e. The molecule has 0 saturated carbocycles. The maximum absolute atomic E-state index is 12.1. The van der Waals surface area contributed by atoms with Gasteiger partial charge in [-0.1, -0.05) is 30.3 Å². The van der Waals surface area contributed by atoms with Crippen LogP contribution in [0.2, 0.25) is 0 Å². The molecule has 1 aromatic heterocycles. The van der Waals surface area contributed by atoms with Crippen LogP contribution in [0, 0.1) is 0 Å². The molecule has 106 valence electrons. The van der Waals surface area contributed by atoms with Gasteiger partial charge in [-0.3, -0.25) is 4.79 Å². The Morgan fingerprint density at radius 2 is 2.10 bits per heavy atom. The van der Waals surface area contributed by atoms with Crippen molar-refractivity contribution in [3.8, 4) is 0 Å². The van der Waals surface area contributed by atoms with E-state index in [0.717, 1.165) is 16.6 Å². The van der Waals surface area contributed by atoms with Gasteiger partial charge in [-0.05, 0) is 34.5 Å². The Bertz CT molecular complexity index is 581. The van der Waals surface area contributed by atoms with Crippen molar-refractivity contribution in [3.63, 3.8) is 0 Å². The van der Waals surface area contributed by atoms with Crippen molar-refractivity contribution in [2.24, 2.45) is 0 Å². The van der Waals surface area contributed by atoms with Gasteiger partial charge in [0.25, 0.3) is 5.91 Å². The lowest BCUT2D eigenvalue weighted by Gasteiger charge is -2.13. The van der Waals surface area contributed by atoms with Crippen LogP contribution < -0.4 is 5.32 Å². The maximum Gasteiger partial charge on any atom is 0.268 e. The molecule has 1 heterocycles. The molecular weight excluding hydrogens is 320 g/mol. The van der Waals surface area contributed by atoms with E-state index in [2.05, 4.69) is 21.2 Å². The summed E-state index contributed by atoms with van der Waals surface area (Å²) in [5.41, 5.74) is 1.37. The number of aliphatic hydroxyl groups is 1. The number of aromatic nitrogens is 1. The second-order valence-corrected chi connectivity index (χ2v) is 5.38. The van der Waals surface area contributed by atoms with Crippen molar-refractivity contribution < 1.29 is 9.90 Å². The van der Waals surface area contributed by atoms with Crippen molar-refractivity contribution in [3.05, 3.63) is 58.3 Å². The molecule has 2 N–H and O–H groups in total. The zero-order chi connectivity index (χ0) is 14.5. The lowest BCUT2D eigenvalue weighted by atomic mass is 10.1. The van der Waals surface area contributed by atoms with E-state index < -0.39 is 6.10 Å². The van der Waals surface area contributed by atoms with Gasteiger partial charge in [0.05, 0.1) is 6.10 Å². The van der Waals surface area contributed by atoms with E-state index >= 15 is 0 Å². The first kappa shape index (κ1) is 14.8. The highest BCUT2D eigenvalue weighted by molar-refractivity contribution is 9.10. The van der Waals surface area contributed by atoms with Crippen molar-refractivity contribution in [1.29, 1.82) is 0 Å². The van der Waals surface area contributed by atoms with E-state index in [-0.39, 0.29) is 12.5 Å². The molecule has 0 aliphatic heterocycles.